The highest BCUT2D eigenvalue weighted by Crippen LogP contribution is 2.22. The van der Waals surface area contributed by atoms with Gasteiger partial charge in [0.1, 0.15) is 12.4 Å². The van der Waals surface area contributed by atoms with E-state index >= 15 is 0 Å². The number of hydrogen-bond donors (Lipinski definition) is 2. The van der Waals surface area contributed by atoms with Gasteiger partial charge >= 0.3 is 0 Å². The van der Waals surface area contributed by atoms with Crippen molar-refractivity contribution in [2.45, 2.75) is 19.4 Å². The monoisotopic (exact) mass is 302 g/mol. The average molecular weight is 302 g/mol. The molecule has 0 saturated heterocycles. The van der Waals surface area contributed by atoms with E-state index in [-0.39, 0.29) is 13.2 Å². The van der Waals surface area contributed by atoms with E-state index in [4.69, 9.17) is 14.9 Å². The SMILES string of the molecule is OCCC#Cc1ccsc1COc1ccccc1CCO. The molecule has 0 amide bonds. The molecule has 0 saturated carbocycles. The largest absolute Gasteiger partial charge is 0.488 e. The second kappa shape index (κ2) is 8.48. The highest BCUT2D eigenvalue weighted by molar-refractivity contribution is 7.10. The van der Waals surface area contributed by atoms with Crippen LogP contribution in [0.3, 0.4) is 0 Å². The first kappa shape index (κ1) is 15.6. The lowest BCUT2D eigenvalue weighted by molar-refractivity contribution is 0.285. The second-order valence-electron chi connectivity index (χ2n) is 4.40. The summed E-state index contributed by atoms with van der Waals surface area (Å²) in [6.45, 7) is 0.651. The Morgan fingerprint density at radius 2 is 1.95 bits per heavy atom. The fraction of sp³-hybridized carbons (Fsp3) is 0.294. The van der Waals surface area contributed by atoms with Crippen molar-refractivity contribution in [1.82, 2.24) is 0 Å². The molecule has 0 bridgehead atoms. The fourth-order valence-corrected chi connectivity index (χ4v) is 2.63. The minimum absolute atomic E-state index is 0.0809. The molecule has 0 aliphatic carbocycles. The maximum Gasteiger partial charge on any atom is 0.124 e. The van der Waals surface area contributed by atoms with Crippen LogP contribution in [0.15, 0.2) is 35.7 Å². The number of para-hydroxylation sites is 1. The molecule has 1 aromatic heterocycles. The molecule has 0 unspecified atom stereocenters. The minimum atomic E-state index is 0.0809. The van der Waals surface area contributed by atoms with Gasteiger partial charge in [-0.05, 0) is 29.5 Å². The normalized spacial score (nSPS) is 10.0. The van der Waals surface area contributed by atoms with E-state index in [1.165, 1.54) is 0 Å². The first-order valence-corrected chi connectivity index (χ1v) is 7.70. The number of aliphatic hydroxyl groups excluding tert-OH is 2. The van der Waals surface area contributed by atoms with Crippen LogP contribution in [0.4, 0.5) is 0 Å². The molecule has 0 radical (unpaired) electrons. The van der Waals surface area contributed by atoms with Gasteiger partial charge in [0, 0.05) is 18.6 Å². The van der Waals surface area contributed by atoms with Crippen molar-refractivity contribution in [2.75, 3.05) is 13.2 Å². The Labute approximate surface area is 128 Å². The summed E-state index contributed by atoms with van der Waals surface area (Å²) in [5.74, 6) is 6.78. The predicted octanol–water partition coefficient (Wildman–Crippen LogP) is 2.60. The number of ether oxygens (including phenoxy) is 1. The molecule has 0 atom stereocenters. The number of hydrogen-bond acceptors (Lipinski definition) is 4. The van der Waals surface area contributed by atoms with Gasteiger partial charge in [-0.2, -0.15) is 0 Å². The lowest BCUT2D eigenvalue weighted by atomic mass is 10.1. The molecule has 3 nitrogen and oxygen atoms in total. The van der Waals surface area contributed by atoms with Crippen LogP contribution in [-0.4, -0.2) is 23.4 Å². The Balaban J connectivity index is 2.04. The lowest BCUT2D eigenvalue weighted by Gasteiger charge is -2.10. The third-order valence-corrected chi connectivity index (χ3v) is 3.81. The molecule has 4 heteroatoms. The van der Waals surface area contributed by atoms with Gasteiger partial charge in [-0.3, -0.25) is 0 Å². The minimum Gasteiger partial charge on any atom is -0.488 e. The highest BCUT2D eigenvalue weighted by atomic mass is 32.1. The molecule has 21 heavy (non-hydrogen) atoms. The maximum absolute atomic E-state index is 9.07. The zero-order chi connectivity index (χ0) is 14.9. The molecular weight excluding hydrogens is 284 g/mol. The zero-order valence-corrected chi connectivity index (χ0v) is 12.5. The van der Waals surface area contributed by atoms with Crippen molar-refractivity contribution in [3.8, 4) is 17.6 Å². The molecule has 0 spiro atoms. The Bertz CT molecular complexity index is 622. The van der Waals surface area contributed by atoms with Crippen LogP contribution < -0.4 is 4.74 Å². The van der Waals surface area contributed by atoms with E-state index in [0.717, 1.165) is 21.8 Å². The molecule has 2 N–H and O–H groups in total. The quantitative estimate of drug-likeness (QED) is 0.806. The lowest BCUT2D eigenvalue weighted by Crippen LogP contribution is -2.00. The summed E-state index contributed by atoms with van der Waals surface area (Å²) in [5.41, 5.74) is 1.96. The van der Waals surface area contributed by atoms with Gasteiger partial charge in [0.25, 0.3) is 0 Å². The number of thiophene rings is 1. The van der Waals surface area contributed by atoms with E-state index < -0.39 is 0 Å². The van der Waals surface area contributed by atoms with Crippen LogP contribution in [-0.2, 0) is 13.0 Å². The van der Waals surface area contributed by atoms with Crippen molar-refractivity contribution in [3.05, 3.63) is 51.7 Å². The summed E-state index contributed by atoms with van der Waals surface area (Å²) in [5, 5.41) is 19.8. The van der Waals surface area contributed by atoms with Crippen LogP contribution in [0.25, 0.3) is 0 Å². The van der Waals surface area contributed by atoms with Crippen molar-refractivity contribution in [2.24, 2.45) is 0 Å². The zero-order valence-electron chi connectivity index (χ0n) is 11.7. The summed E-state index contributed by atoms with van der Waals surface area (Å²) in [6.07, 6.45) is 1.07. The van der Waals surface area contributed by atoms with Crippen LogP contribution >= 0.6 is 11.3 Å². The summed E-state index contributed by atoms with van der Waals surface area (Å²) in [4.78, 5) is 1.07. The van der Waals surface area contributed by atoms with Crippen molar-refractivity contribution >= 4 is 11.3 Å². The van der Waals surface area contributed by atoms with E-state index in [2.05, 4.69) is 11.8 Å². The maximum atomic E-state index is 9.07. The smallest absolute Gasteiger partial charge is 0.124 e. The van der Waals surface area contributed by atoms with Gasteiger partial charge in [0.05, 0.1) is 11.5 Å². The van der Waals surface area contributed by atoms with Crippen molar-refractivity contribution < 1.29 is 14.9 Å². The van der Waals surface area contributed by atoms with Gasteiger partial charge in [0.15, 0.2) is 0 Å². The molecule has 0 aliphatic rings. The van der Waals surface area contributed by atoms with Gasteiger partial charge in [-0.1, -0.05) is 30.0 Å². The Hall–Kier alpha value is -1.80. The highest BCUT2D eigenvalue weighted by Gasteiger charge is 2.06. The predicted molar refractivity (Wildman–Crippen MR) is 84.5 cm³/mol. The molecule has 1 aromatic carbocycles. The van der Waals surface area contributed by atoms with E-state index in [0.29, 0.717) is 19.4 Å². The average Bonchev–Trinajstić information content (AvgIpc) is 2.94. The Kier molecular flexibility index (Phi) is 6.29. The topological polar surface area (TPSA) is 49.7 Å². The Morgan fingerprint density at radius 1 is 1.10 bits per heavy atom. The number of rotatable bonds is 6. The van der Waals surface area contributed by atoms with E-state index in [9.17, 15) is 0 Å². The molecular formula is C17H18O3S. The summed E-state index contributed by atoms with van der Waals surface area (Å²) in [7, 11) is 0. The van der Waals surface area contributed by atoms with Crippen LogP contribution in [0.1, 0.15) is 22.4 Å². The number of aliphatic hydroxyl groups is 2. The van der Waals surface area contributed by atoms with Crippen LogP contribution in [0.5, 0.6) is 5.75 Å². The Morgan fingerprint density at radius 3 is 2.76 bits per heavy atom. The first-order valence-electron chi connectivity index (χ1n) is 6.83. The molecule has 1 heterocycles. The molecule has 2 rings (SSSR count). The molecule has 110 valence electrons. The van der Waals surface area contributed by atoms with Crippen molar-refractivity contribution in [1.29, 1.82) is 0 Å². The third-order valence-electron chi connectivity index (χ3n) is 2.92. The number of benzene rings is 1. The van der Waals surface area contributed by atoms with E-state index in [1.54, 1.807) is 11.3 Å². The van der Waals surface area contributed by atoms with Gasteiger partial charge in [-0.25, -0.2) is 0 Å². The fourth-order valence-electron chi connectivity index (χ4n) is 1.89. The second-order valence-corrected chi connectivity index (χ2v) is 5.40. The summed E-state index contributed by atoms with van der Waals surface area (Å²) in [6, 6.07) is 9.70. The molecule has 2 aromatic rings. The van der Waals surface area contributed by atoms with Crippen molar-refractivity contribution in [3.63, 3.8) is 0 Å². The van der Waals surface area contributed by atoms with Gasteiger partial charge in [0.2, 0.25) is 0 Å². The summed E-state index contributed by atoms with van der Waals surface area (Å²) >= 11 is 1.61. The van der Waals surface area contributed by atoms with Gasteiger partial charge < -0.3 is 14.9 Å². The molecule has 0 fully saturated rings. The summed E-state index contributed by atoms with van der Waals surface area (Å²) < 4.78 is 5.86. The van der Waals surface area contributed by atoms with Gasteiger partial charge in [-0.15, -0.1) is 11.3 Å². The third kappa shape index (κ3) is 4.61. The van der Waals surface area contributed by atoms with Crippen LogP contribution in [0, 0.1) is 11.8 Å². The first-order chi connectivity index (χ1) is 10.3. The van der Waals surface area contributed by atoms with Crippen LogP contribution in [0.2, 0.25) is 0 Å². The van der Waals surface area contributed by atoms with E-state index in [1.807, 2.05) is 35.7 Å². The molecule has 0 aliphatic heterocycles. The standard InChI is InChI=1S/C17H18O3S/c18-10-4-3-6-15-9-12-21-17(15)13-20-16-7-2-1-5-14(16)8-11-19/h1-2,5,7,9,12,18-19H,4,8,10-11,13H2.